The summed E-state index contributed by atoms with van der Waals surface area (Å²) < 4.78 is 3.92. The van der Waals surface area contributed by atoms with Crippen molar-refractivity contribution in [2.45, 2.75) is 39.8 Å². The molecule has 0 unspecified atom stereocenters. The van der Waals surface area contributed by atoms with Gasteiger partial charge in [-0.25, -0.2) is 0 Å². The van der Waals surface area contributed by atoms with Crippen LogP contribution in [0.3, 0.4) is 0 Å². The maximum absolute atomic E-state index is 4.67. The van der Waals surface area contributed by atoms with Crippen LogP contribution in [0.15, 0.2) is 218 Å². The van der Waals surface area contributed by atoms with E-state index in [0.717, 1.165) is 111 Å². The summed E-state index contributed by atoms with van der Waals surface area (Å²) in [6.45, 7) is 18.0. The number of para-hydroxylation sites is 2. The molecule has 2 fully saturated rings. The highest BCUT2D eigenvalue weighted by Gasteiger charge is 2.33. The average Bonchev–Trinajstić information content (AvgIpc) is 4.28. The van der Waals surface area contributed by atoms with Gasteiger partial charge in [0.2, 0.25) is 0 Å². The highest BCUT2D eigenvalue weighted by Crippen LogP contribution is 2.35. The van der Waals surface area contributed by atoms with Gasteiger partial charge in [-0.2, -0.15) is 9.36 Å². The number of hydrogen-bond donors (Lipinski definition) is 0. The lowest BCUT2D eigenvalue weighted by atomic mass is 9.97. The standard InChI is InChI=1S/2C35H36N6/c2*1-27-12-9-13-28(2)33(27)41-35(36-37-38-41)34(32-20-10-19-31(26-32)30-17-7-4-8-18-30)40-24-22-39(23-25-40)21-11-16-29-14-5-3-6-15-29/h2*3-20,26,34H,21-25H2,1-2H3/b2*16-11+/t2*34-/m10/s1. The van der Waals surface area contributed by atoms with Crippen LogP contribution in [0.5, 0.6) is 0 Å². The maximum Gasteiger partial charge on any atom is 0.178 e. The van der Waals surface area contributed by atoms with E-state index in [1.165, 1.54) is 44.5 Å². The Morgan fingerprint density at radius 2 is 0.695 bits per heavy atom. The van der Waals surface area contributed by atoms with Gasteiger partial charge in [-0.3, -0.25) is 19.6 Å². The Morgan fingerprint density at radius 1 is 0.366 bits per heavy atom. The molecular weight excluding hydrogens is 1010 g/mol. The molecule has 0 spiro atoms. The Bertz CT molecular complexity index is 3400. The monoisotopic (exact) mass is 1080 g/mol. The smallest absolute Gasteiger partial charge is 0.178 e. The number of aromatic nitrogens is 8. The average molecular weight is 1080 g/mol. The maximum atomic E-state index is 4.67. The molecule has 0 amide bonds. The first kappa shape index (κ1) is 55.1. The second kappa shape index (κ2) is 26.7. The summed E-state index contributed by atoms with van der Waals surface area (Å²) in [5, 5.41) is 26.8. The molecule has 412 valence electrons. The minimum Gasteiger partial charge on any atom is -0.297 e. The molecule has 0 aliphatic carbocycles. The predicted octanol–water partition coefficient (Wildman–Crippen LogP) is 12.7. The molecule has 0 bridgehead atoms. The Kier molecular flexibility index (Phi) is 17.9. The summed E-state index contributed by atoms with van der Waals surface area (Å²) in [4.78, 5) is 10.1. The molecular formula is C70H72N12. The highest BCUT2D eigenvalue weighted by atomic mass is 15.6. The minimum absolute atomic E-state index is 0.0744. The van der Waals surface area contributed by atoms with Crippen molar-refractivity contribution in [1.82, 2.24) is 60.0 Å². The fourth-order valence-electron chi connectivity index (χ4n) is 11.6. The number of nitrogens with zero attached hydrogens (tertiary/aromatic N) is 12. The summed E-state index contributed by atoms with van der Waals surface area (Å²) in [5.41, 5.74) is 16.4. The topological polar surface area (TPSA) is 100 Å². The fraction of sp³-hybridized carbons (Fsp3) is 0.229. The Morgan fingerprint density at radius 3 is 1.06 bits per heavy atom. The van der Waals surface area contributed by atoms with Gasteiger partial charge in [0.05, 0.1) is 23.5 Å². The summed E-state index contributed by atoms with van der Waals surface area (Å²) in [6.07, 6.45) is 8.96. The molecule has 4 heterocycles. The predicted molar refractivity (Wildman–Crippen MR) is 332 cm³/mol. The van der Waals surface area contributed by atoms with E-state index < -0.39 is 0 Å². The molecule has 2 atom stereocenters. The van der Waals surface area contributed by atoms with Crippen molar-refractivity contribution >= 4 is 12.2 Å². The highest BCUT2D eigenvalue weighted by molar-refractivity contribution is 5.66. The molecule has 2 aliphatic heterocycles. The fourth-order valence-corrected chi connectivity index (χ4v) is 11.6. The molecule has 2 saturated heterocycles. The van der Waals surface area contributed by atoms with Crippen molar-refractivity contribution in [3.05, 3.63) is 275 Å². The number of rotatable bonds is 16. The van der Waals surface area contributed by atoms with E-state index in [-0.39, 0.29) is 12.1 Å². The van der Waals surface area contributed by atoms with E-state index in [1.807, 2.05) is 9.36 Å². The van der Waals surface area contributed by atoms with Crippen LogP contribution in [0.25, 0.3) is 45.8 Å². The van der Waals surface area contributed by atoms with Gasteiger partial charge in [0.15, 0.2) is 11.6 Å². The molecule has 10 aromatic rings. The van der Waals surface area contributed by atoms with Crippen molar-refractivity contribution in [3.63, 3.8) is 0 Å². The minimum atomic E-state index is -0.0744. The van der Waals surface area contributed by atoms with E-state index >= 15 is 0 Å². The Hall–Kier alpha value is -8.78. The van der Waals surface area contributed by atoms with Crippen LogP contribution in [0.2, 0.25) is 0 Å². The van der Waals surface area contributed by atoms with Crippen LogP contribution in [0.4, 0.5) is 0 Å². The lowest BCUT2D eigenvalue weighted by Crippen LogP contribution is -2.48. The SMILES string of the molecule is Cc1cccc(C)c1-n1nnnc1[C@@H](c1cccc(-c2ccccc2)c1)N1CCN(C/C=C/c2ccccc2)CC1.Cc1cccc(C)c1-n1nnnc1[C@H](c1cccc(-c2ccccc2)c1)N1CCN(C/C=C/c2ccccc2)CC1. The van der Waals surface area contributed by atoms with Gasteiger partial charge in [-0.15, -0.1) is 10.2 Å². The number of hydrogen-bond acceptors (Lipinski definition) is 10. The van der Waals surface area contributed by atoms with Crippen LogP contribution in [0, 0.1) is 27.7 Å². The molecule has 0 radical (unpaired) electrons. The van der Waals surface area contributed by atoms with Crippen LogP contribution >= 0.6 is 0 Å². The van der Waals surface area contributed by atoms with Crippen LogP contribution < -0.4 is 0 Å². The second-order valence-corrected chi connectivity index (χ2v) is 21.5. The lowest BCUT2D eigenvalue weighted by Gasteiger charge is -2.38. The van der Waals surface area contributed by atoms with E-state index in [1.54, 1.807) is 0 Å². The zero-order valence-electron chi connectivity index (χ0n) is 47.5. The first-order valence-corrected chi connectivity index (χ1v) is 28.7. The van der Waals surface area contributed by atoms with Crippen LogP contribution in [0.1, 0.15) is 68.2 Å². The molecule has 12 heteroatoms. The van der Waals surface area contributed by atoms with E-state index in [4.69, 9.17) is 0 Å². The van der Waals surface area contributed by atoms with E-state index in [9.17, 15) is 0 Å². The first-order chi connectivity index (χ1) is 40.3. The molecule has 82 heavy (non-hydrogen) atoms. The van der Waals surface area contributed by atoms with Crippen LogP contribution in [-0.4, -0.2) is 125 Å². The van der Waals surface area contributed by atoms with Gasteiger partial charge >= 0.3 is 0 Å². The summed E-state index contributed by atoms with van der Waals surface area (Å²) >= 11 is 0. The van der Waals surface area contributed by atoms with Gasteiger partial charge in [0, 0.05) is 65.4 Å². The zero-order chi connectivity index (χ0) is 56.0. The van der Waals surface area contributed by atoms with Gasteiger partial charge in [0.25, 0.3) is 0 Å². The third-order valence-electron chi connectivity index (χ3n) is 15.9. The summed E-state index contributed by atoms with van der Waals surface area (Å²) in [7, 11) is 0. The molecule has 0 N–H and O–H groups in total. The molecule has 0 saturated carbocycles. The quantitative estimate of drug-likeness (QED) is 0.0930. The number of benzene rings is 8. The number of piperazine rings is 2. The van der Waals surface area contributed by atoms with E-state index in [2.05, 4.69) is 309 Å². The van der Waals surface area contributed by atoms with Crippen molar-refractivity contribution < 1.29 is 0 Å². The first-order valence-electron chi connectivity index (χ1n) is 28.7. The van der Waals surface area contributed by atoms with Gasteiger partial charge in [-0.1, -0.05) is 218 Å². The number of aryl methyl sites for hydroxylation is 4. The van der Waals surface area contributed by atoms with E-state index in [0.29, 0.717) is 0 Å². The van der Waals surface area contributed by atoms with Gasteiger partial charge < -0.3 is 0 Å². The molecule has 12 rings (SSSR count). The largest absolute Gasteiger partial charge is 0.297 e. The summed E-state index contributed by atoms with van der Waals surface area (Å²) in [5.74, 6) is 1.70. The normalized spacial score (nSPS) is 15.4. The Labute approximate surface area is 483 Å². The van der Waals surface area contributed by atoms with Crippen molar-refractivity contribution in [3.8, 4) is 33.6 Å². The second-order valence-electron chi connectivity index (χ2n) is 21.5. The van der Waals surface area contributed by atoms with Gasteiger partial charge in [-0.05, 0) is 127 Å². The molecule has 2 aromatic heterocycles. The molecule has 8 aromatic carbocycles. The third-order valence-corrected chi connectivity index (χ3v) is 15.9. The Balaban J connectivity index is 0.000000172. The zero-order valence-corrected chi connectivity index (χ0v) is 47.5. The third kappa shape index (κ3) is 13.2. The lowest BCUT2D eigenvalue weighted by molar-refractivity contribution is 0.113. The van der Waals surface area contributed by atoms with Crippen LogP contribution in [-0.2, 0) is 0 Å². The van der Waals surface area contributed by atoms with Crippen molar-refractivity contribution in [2.24, 2.45) is 0 Å². The van der Waals surface area contributed by atoms with Gasteiger partial charge in [0.1, 0.15) is 0 Å². The molecule has 2 aliphatic rings. The van der Waals surface area contributed by atoms with Crippen molar-refractivity contribution in [2.75, 3.05) is 65.4 Å². The number of tetrazole rings is 2. The van der Waals surface area contributed by atoms with Crippen molar-refractivity contribution in [1.29, 1.82) is 0 Å². The molecule has 12 nitrogen and oxygen atoms in total. The summed E-state index contributed by atoms with van der Waals surface area (Å²) in [6, 6.07) is 72.4.